The summed E-state index contributed by atoms with van der Waals surface area (Å²) in [4.78, 5) is 29.3. The maximum absolute atomic E-state index is 12.9. The van der Waals surface area contributed by atoms with Crippen molar-refractivity contribution in [2.45, 2.75) is 80.4 Å². The monoisotopic (exact) mass is 418 g/mol. The molecule has 2 N–H and O–H groups in total. The van der Waals surface area contributed by atoms with E-state index in [4.69, 9.17) is 0 Å². The molecular formula is C24H42N4O2. The number of nitrogens with zero attached hydrogens (tertiary/aromatic N) is 2. The first kappa shape index (κ1) is 25.8. The zero-order chi connectivity index (χ0) is 23.2. The summed E-state index contributed by atoms with van der Waals surface area (Å²) in [5, 5.41) is 6.04. The van der Waals surface area contributed by atoms with Gasteiger partial charge in [-0.25, -0.2) is 4.79 Å². The first-order chi connectivity index (χ1) is 13.7. The quantitative estimate of drug-likeness (QED) is 0.618. The molecule has 0 radical (unpaired) electrons. The average molecular weight is 419 g/mol. The lowest BCUT2D eigenvalue weighted by molar-refractivity contribution is -0.117. The Morgan fingerprint density at radius 1 is 1.03 bits per heavy atom. The molecule has 1 aromatic carbocycles. The van der Waals surface area contributed by atoms with Crippen molar-refractivity contribution in [2.75, 3.05) is 24.3 Å². The second kappa shape index (κ2) is 10.7. The van der Waals surface area contributed by atoms with Gasteiger partial charge >= 0.3 is 6.03 Å². The Bertz CT molecular complexity index is 720. The molecule has 1 aromatic rings. The number of hydrogen-bond acceptors (Lipinski definition) is 3. The van der Waals surface area contributed by atoms with Crippen molar-refractivity contribution in [1.29, 1.82) is 0 Å². The van der Waals surface area contributed by atoms with Gasteiger partial charge in [0, 0.05) is 50.5 Å². The summed E-state index contributed by atoms with van der Waals surface area (Å²) >= 11 is 0. The second-order valence-corrected chi connectivity index (χ2v) is 10.2. The van der Waals surface area contributed by atoms with Gasteiger partial charge in [0.05, 0.1) is 0 Å². The van der Waals surface area contributed by atoms with Gasteiger partial charge in [0.1, 0.15) is 0 Å². The molecule has 0 bridgehead atoms. The molecule has 0 heterocycles. The van der Waals surface area contributed by atoms with Gasteiger partial charge in [-0.3, -0.25) is 4.79 Å². The largest absolute Gasteiger partial charge is 0.377 e. The molecule has 1 unspecified atom stereocenters. The zero-order valence-corrected chi connectivity index (χ0v) is 20.6. The highest BCUT2D eigenvalue weighted by molar-refractivity contribution is 5.91. The Morgan fingerprint density at radius 2 is 1.63 bits per heavy atom. The Hall–Kier alpha value is -2.24. The van der Waals surface area contributed by atoms with Crippen molar-refractivity contribution >= 4 is 23.3 Å². The third-order valence-electron chi connectivity index (χ3n) is 5.01. The minimum absolute atomic E-state index is 0.00370. The van der Waals surface area contributed by atoms with Crippen LogP contribution >= 0.6 is 0 Å². The summed E-state index contributed by atoms with van der Waals surface area (Å²) in [7, 11) is 3.97. The summed E-state index contributed by atoms with van der Waals surface area (Å²) in [6.45, 7) is 16.9. The maximum atomic E-state index is 12.9. The molecule has 0 aromatic heterocycles. The summed E-state index contributed by atoms with van der Waals surface area (Å²) in [5.74, 6) is 0.316. The SMILES string of the molecule is CC(C)NC(=O)N(Cc1cc(NC(=O)CC(C)(C)C)ccc1N(C)C)C(C)C(C)C. The van der Waals surface area contributed by atoms with Crippen molar-refractivity contribution in [3.05, 3.63) is 23.8 Å². The topological polar surface area (TPSA) is 64.7 Å². The molecular weight excluding hydrogens is 376 g/mol. The van der Waals surface area contributed by atoms with Crippen molar-refractivity contribution in [3.63, 3.8) is 0 Å². The number of carbonyl (C=O) groups is 2. The molecule has 1 rings (SSSR count). The number of carbonyl (C=O) groups excluding carboxylic acids is 2. The first-order valence-corrected chi connectivity index (χ1v) is 10.9. The number of hydrogen-bond donors (Lipinski definition) is 2. The fourth-order valence-electron chi connectivity index (χ4n) is 3.19. The van der Waals surface area contributed by atoms with Crippen LogP contribution in [0.2, 0.25) is 0 Å². The van der Waals surface area contributed by atoms with Crippen molar-refractivity contribution in [1.82, 2.24) is 10.2 Å². The molecule has 0 saturated carbocycles. The van der Waals surface area contributed by atoms with Gasteiger partial charge in [0.15, 0.2) is 0 Å². The van der Waals surface area contributed by atoms with E-state index in [-0.39, 0.29) is 29.4 Å². The van der Waals surface area contributed by atoms with Crippen LogP contribution in [0.5, 0.6) is 0 Å². The van der Waals surface area contributed by atoms with E-state index in [9.17, 15) is 9.59 Å². The lowest BCUT2D eigenvalue weighted by Crippen LogP contribution is -2.48. The zero-order valence-electron chi connectivity index (χ0n) is 20.6. The van der Waals surface area contributed by atoms with E-state index in [1.807, 2.05) is 76.7 Å². The van der Waals surface area contributed by atoms with Crippen molar-refractivity contribution in [3.8, 4) is 0 Å². The van der Waals surface area contributed by atoms with Crippen LogP contribution in [0.1, 0.15) is 67.4 Å². The van der Waals surface area contributed by atoms with Crippen LogP contribution in [0.4, 0.5) is 16.2 Å². The number of amides is 3. The van der Waals surface area contributed by atoms with E-state index < -0.39 is 0 Å². The molecule has 0 fully saturated rings. The average Bonchev–Trinajstić information content (AvgIpc) is 2.56. The molecule has 0 saturated heterocycles. The van der Waals surface area contributed by atoms with Crippen LogP contribution in [-0.2, 0) is 11.3 Å². The van der Waals surface area contributed by atoms with Crippen LogP contribution in [-0.4, -0.2) is 43.0 Å². The predicted octanol–water partition coefficient (Wildman–Crippen LogP) is 5.09. The highest BCUT2D eigenvalue weighted by Gasteiger charge is 2.25. The number of nitrogens with one attached hydrogen (secondary N) is 2. The lowest BCUT2D eigenvalue weighted by Gasteiger charge is -2.34. The molecule has 0 spiro atoms. The van der Waals surface area contributed by atoms with Gasteiger partial charge < -0.3 is 20.4 Å². The van der Waals surface area contributed by atoms with Crippen LogP contribution in [0.25, 0.3) is 0 Å². The van der Waals surface area contributed by atoms with Crippen molar-refractivity contribution < 1.29 is 9.59 Å². The number of rotatable bonds is 8. The van der Waals surface area contributed by atoms with E-state index in [0.717, 1.165) is 16.9 Å². The fraction of sp³-hybridized carbons (Fsp3) is 0.667. The van der Waals surface area contributed by atoms with E-state index in [1.165, 1.54) is 0 Å². The molecule has 0 aliphatic heterocycles. The highest BCUT2D eigenvalue weighted by Crippen LogP contribution is 2.27. The van der Waals surface area contributed by atoms with E-state index >= 15 is 0 Å². The summed E-state index contributed by atoms with van der Waals surface area (Å²) in [5.41, 5.74) is 2.71. The molecule has 1 atom stereocenters. The van der Waals surface area contributed by atoms with Crippen LogP contribution in [0, 0.1) is 11.3 Å². The van der Waals surface area contributed by atoms with Gasteiger partial charge in [-0.15, -0.1) is 0 Å². The van der Waals surface area contributed by atoms with E-state index in [0.29, 0.717) is 18.9 Å². The Kier molecular flexibility index (Phi) is 9.19. The Balaban J connectivity index is 3.23. The van der Waals surface area contributed by atoms with Gasteiger partial charge in [0.25, 0.3) is 0 Å². The number of benzene rings is 1. The van der Waals surface area contributed by atoms with Gasteiger partial charge in [0.2, 0.25) is 5.91 Å². The summed E-state index contributed by atoms with van der Waals surface area (Å²) < 4.78 is 0. The molecule has 3 amide bonds. The van der Waals surface area contributed by atoms with E-state index in [2.05, 4.69) is 31.4 Å². The van der Waals surface area contributed by atoms with E-state index in [1.54, 1.807) is 0 Å². The van der Waals surface area contributed by atoms with Crippen LogP contribution in [0.3, 0.4) is 0 Å². The normalized spacial score (nSPS) is 12.7. The molecule has 6 heteroatoms. The van der Waals surface area contributed by atoms with Crippen LogP contribution in [0.15, 0.2) is 18.2 Å². The Morgan fingerprint density at radius 3 is 2.10 bits per heavy atom. The highest BCUT2D eigenvalue weighted by atomic mass is 16.2. The third-order valence-corrected chi connectivity index (χ3v) is 5.01. The maximum Gasteiger partial charge on any atom is 0.318 e. The lowest BCUT2D eigenvalue weighted by atomic mass is 9.92. The minimum atomic E-state index is -0.0745. The summed E-state index contributed by atoms with van der Waals surface area (Å²) in [6, 6.07) is 5.97. The van der Waals surface area contributed by atoms with Gasteiger partial charge in [-0.05, 0) is 55.9 Å². The third kappa shape index (κ3) is 8.25. The fourth-order valence-corrected chi connectivity index (χ4v) is 3.19. The Labute approximate surface area is 183 Å². The number of anilines is 2. The smallest absolute Gasteiger partial charge is 0.318 e. The minimum Gasteiger partial charge on any atom is -0.377 e. The molecule has 0 aliphatic rings. The second-order valence-electron chi connectivity index (χ2n) is 10.2. The number of urea groups is 1. The molecule has 30 heavy (non-hydrogen) atoms. The predicted molar refractivity (Wildman–Crippen MR) is 127 cm³/mol. The van der Waals surface area contributed by atoms with Crippen LogP contribution < -0.4 is 15.5 Å². The van der Waals surface area contributed by atoms with Crippen molar-refractivity contribution in [2.24, 2.45) is 11.3 Å². The molecule has 6 nitrogen and oxygen atoms in total. The standard InChI is InChI=1S/C24H42N4O2/c1-16(2)18(5)28(23(30)25-17(3)4)15-19-13-20(11-12-21(19)27(9)10)26-22(29)14-24(6,7)8/h11-13,16-18H,14-15H2,1-10H3,(H,25,30)(H,26,29). The summed E-state index contributed by atoms with van der Waals surface area (Å²) in [6.07, 6.45) is 0.449. The first-order valence-electron chi connectivity index (χ1n) is 10.9. The van der Waals surface area contributed by atoms with Gasteiger partial charge in [-0.1, -0.05) is 34.6 Å². The van der Waals surface area contributed by atoms with Gasteiger partial charge in [-0.2, -0.15) is 0 Å². The molecule has 0 aliphatic carbocycles. The molecule has 170 valence electrons.